The van der Waals surface area contributed by atoms with Gasteiger partial charge in [-0.05, 0) is 25.6 Å². The molecule has 3 heterocycles. The average Bonchev–Trinajstić information content (AvgIpc) is 3.31. The summed E-state index contributed by atoms with van der Waals surface area (Å²) in [4.78, 5) is 29.7. The highest BCUT2D eigenvalue weighted by Gasteiger charge is 2.22. The molecule has 1 N–H and O–H groups in total. The van der Waals surface area contributed by atoms with Crippen LogP contribution in [0.2, 0.25) is 0 Å². The molecule has 1 aliphatic heterocycles. The van der Waals surface area contributed by atoms with E-state index in [1.54, 1.807) is 0 Å². The molecule has 0 unspecified atom stereocenters. The van der Waals surface area contributed by atoms with Crippen molar-refractivity contribution < 1.29 is 23.0 Å². The standard InChI is InChI=1S/C22H24F2N6O3S/c1-13-8-16(32-3)19(24)15(18(13)23)12-33-14-9-25-21(26-10-14)28-22-27-11-17(34-22)20(31)30-6-4-29(2)5-7-30/h8-11H,4-7,12H2,1-3H3,(H,25,26,27,28). The molecule has 0 spiro atoms. The van der Waals surface area contributed by atoms with E-state index in [4.69, 9.17) is 9.47 Å². The highest BCUT2D eigenvalue weighted by atomic mass is 32.1. The Morgan fingerprint density at radius 2 is 1.82 bits per heavy atom. The summed E-state index contributed by atoms with van der Waals surface area (Å²) in [5.41, 5.74) is 0.0148. The Balaban J connectivity index is 1.36. The fourth-order valence-corrected chi connectivity index (χ4v) is 4.16. The number of anilines is 2. The minimum absolute atomic E-state index is 0.0458. The lowest BCUT2D eigenvalue weighted by molar-refractivity contribution is 0.0668. The molecule has 4 rings (SSSR count). The normalized spacial score (nSPS) is 14.2. The second kappa shape index (κ2) is 10.3. The number of benzene rings is 1. The fourth-order valence-electron chi connectivity index (χ4n) is 3.38. The van der Waals surface area contributed by atoms with Crippen molar-refractivity contribution in [1.82, 2.24) is 24.8 Å². The van der Waals surface area contributed by atoms with E-state index in [1.165, 1.54) is 50.0 Å². The molecule has 0 atom stereocenters. The number of ether oxygens (including phenoxy) is 2. The monoisotopic (exact) mass is 490 g/mol. The molecule has 1 aliphatic rings. The fraction of sp³-hybridized carbons (Fsp3) is 0.364. The molecule has 3 aromatic rings. The SMILES string of the molecule is COc1cc(C)c(F)c(COc2cnc(Nc3ncc(C(=O)N4CCN(C)CC4)s3)nc2)c1F. The zero-order valence-corrected chi connectivity index (χ0v) is 19.8. The topological polar surface area (TPSA) is 92.7 Å². The minimum atomic E-state index is -0.810. The first-order chi connectivity index (χ1) is 16.4. The number of rotatable bonds is 7. The van der Waals surface area contributed by atoms with Gasteiger partial charge in [-0.2, -0.15) is 0 Å². The zero-order valence-electron chi connectivity index (χ0n) is 19.0. The number of carbonyl (C=O) groups is 1. The summed E-state index contributed by atoms with van der Waals surface area (Å²) in [7, 11) is 3.34. The molecular formula is C22H24F2N6O3S. The molecule has 0 bridgehead atoms. The van der Waals surface area contributed by atoms with Crippen LogP contribution >= 0.6 is 11.3 Å². The Morgan fingerprint density at radius 3 is 2.50 bits per heavy atom. The van der Waals surface area contributed by atoms with Gasteiger partial charge in [0.2, 0.25) is 5.95 Å². The quantitative estimate of drug-likeness (QED) is 0.540. The third kappa shape index (κ3) is 5.23. The number of aromatic nitrogens is 3. The summed E-state index contributed by atoms with van der Waals surface area (Å²) in [6.07, 6.45) is 4.29. The molecule has 0 aliphatic carbocycles. The van der Waals surface area contributed by atoms with Gasteiger partial charge in [0.05, 0.1) is 31.3 Å². The summed E-state index contributed by atoms with van der Waals surface area (Å²) < 4.78 is 39.1. The van der Waals surface area contributed by atoms with Crippen molar-refractivity contribution in [2.45, 2.75) is 13.5 Å². The van der Waals surface area contributed by atoms with Gasteiger partial charge in [0.1, 0.15) is 17.3 Å². The summed E-state index contributed by atoms with van der Waals surface area (Å²) >= 11 is 1.22. The van der Waals surface area contributed by atoms with Crippen LogP contribution in [0.3, 0.4) is 0 Å². The van der Waals surface area contributed by atoms with Gasteiger partial charge >= 0.3 is 0 Å². The zero-order chi connectivity index (χ0) is 24.2. The number of methoxy groups -OCH3 is 1. The lowest BCUT2D eigenvalue weighted by atomic mass is 10.1. The first-order valence-corrected chi connectivity index (χ1v) is 11.3. The number of nitrogens with one attached hydrogen (secondary N) is 1. The number of nitrogens with zero attached hydrogens (tertiary/aromatic N) is 5. The van der Waals surface area contributed by atoms with Crippen LogP contribution in [0.15, 0.2) is 24.7 Å². The van der Waals surface area contributed by atoms with Crippen LogP contribution in [-0.2, 0) is 6.61 Å². The van der Waals surface area contributed by atoms with Crippen LogP contribution in [0.5, 0.6) is 11.5 Å². The Hall–Kier alpha value is -3.38. The van der Waals surface area contributed by atoms with Gasteiger partial charge in [-0.1, -0.05) is 11.3 Å². The van der Waals surface area contributed by atoms with E-state index in [0.717, 1.165) is 13.1 Å². The molecule has 12 heteroatoms. The van der Waals surface area contributed by atoms with Crippen molar-refractivity contribution in [3.63, 3.8) is 0 Å². The number of carbonyl (C=O) groups excluding carboxylic acids is 1. The molecule has 2 aromatic heterocycles. The summed E-state index contributed by atoms with van der Waals surface area (Å²) in [5, 5.41) is 3.42. The number of piperazine rings is 1. The maximum Gasteiger partial charge on any atom is 0.265 e. The summed E-state index contributed by atoms with van der Waals surface area (Å²) in [5.74, 6) is -1.12. The van der Waals surface area contributed by atoms with Crippen LogP contribution in [0.25, 0.3) is 0 Å². The van der Waals surface area contributed by atoms with Crippen molar-refractivity contribution in [2.24, 2.45) is 0 Å². The molecule has 0 radical (unpaired) electrons. The van der Waals surface area contributed by atoms with E-state index in [0.29, 0.717) is 23.1 Å². The highest BCUT2D eigenvalue weighted by molar-refractivity contribution is 7.17. The van der Waals surface area contributed by atoms with Crippen LogP contribution in [-0.4, -0.2) is 71.0 Å². The van der Waals surface area contributed by atoms with E-state index in [2.05, 4.69) is 25.2 Å². The highest BCUT2D eigenvalue weighted by Crippen LogP contribution is 2.27. The predicted molar refractivity (Wildman–Crippen MR) is 123 cm³/mol. The van der Waals surface area contributed by atoms with Crippen molar-refractivity contribution in [1.29, 1.82) is 0 Å². The Kier molecular flexibility index (Phi) is 7.17. The molecule has 1 fully saturated rings. The number of hydrogen-bond donors (Lipinski definition) is 1. The first kappa shape index (κ1) is 23.8. The molecule has 1 saturated heterocycles. The lowest BCUT2D eigenvalue weighted by Gasteiger charge is -2.31. The number of aryl methyl sites for hydroxylation is 1. The van der Waals surface area contributed by atoms with E-state index in [9.17, 15) is 13.6 Å². The number of thiazole rings is 1. The number of likely N-dealkylation sites (N-methyl/N-ethyl adjacent to an activating group) is 1. The Morgan fingerprint density at radius 1 is 1.12 bits per heavy atom. The minimum Gasteiger partial charge on any atom is -0.494 e. The molecule has 180 valence electrons. The number of hydrogen-bond acceptors (Lipinski definition) is 9. The van der Waals surface area contributed by atoms with Crippen LogP contribution < -0.4 is 14.8 Å². The van der Waals surface area contributed by atoms with Gasteiger partial charge in [0.25, 0.3) is 5.91 Å². The van der Waals surface area contributed by atoms with E-state index in [-0.39, 0.29) is 41.1 Å². The van der Waals surface area contributed by atoms with Gasteiger partial charge in [0.15, 0.2) is 22.4 Å². The molecule has 1 aromatic carbocycles. The summed E-state index contributed by atoms with van der Waals surface area (Å²) in [6, 6.07) is 1.29. The number of halogens is 2. The second-order valence-electron chi connectivity index (χ2n) is 7.78. The maximum atomic E-state index is 14.4. The third-order valence-electron chi connectivity index (χ3n) is 5.40. The van der Waals surface area contributed by atoms with Gasteiger partial charge < -0.3 is 24.6 Å². The van der Waals surface area contributed by atoms with E-state index >= 15 is 0 Å². The van der Waals surface area contributed by atoms with Crippen molar-refractivity contribution in [3.05, 3.63) is 52.3 Å². The van der Waals surface area contributed by atoms with Gasteiger partial charge in [-0.15, -0.1) is 0 Å². The Bertz CT molecular complexity index is 1170. The summed E-state index contributed by atoms with van der Waals surface area (Å²) in [6.45, 7) is 4.22. The van der Waals surface area contributed by atoms with Crippen molar-refractivity contribution >= 4 is 28.3 Å². The smallest absolute Gasteiger partial charge is 0.265 e. The first-order valence-electron chi connectivity index (χ1n) is 10.5. The lowest BCUT2D eigenvalue weighted by Crippen LogP contribution is -2.46. The Labute approximate surface area is 199 Å². The van der Waals surface area contributed by atoms with Gasteiger partial charge in [-0.3, -0.25) is 4.79 Å². The molecule has 1 amide bonds. The average molecular weight is 491 g/mol. The maximum absolute atomic E-state index is 14.4. The van der Waals surface area contributed by atoms with Crippen LogP contribution in [0.1, 0.15) is 20.8 Å². The van der Waals surface area contributed by atoms with Crippen LogP contribution in [0.4, 0.5) is 19.9 Å². The second-order valence-corrected chi connectivity index (χ2v) is 8.81. The van der Waals surface area contributed by atoms with Gasteiger partial charge in [0, 0.05) is 26.2 Å². The van der Waals surface area contributed by atoms with E-state index < -0.39 is 11.6 Å². The predicted octanol–water partition coefficient (Wildman–Crippen LogP) is 3.24. The largest absolute Gasteiger partial charge is 0.494 e. The number of amides is 1. The van der Waals surface area contributed by atoms with Crippen LogP contribution in [0, 0.1) is 18.6 Å². The van der Waals surface area contributed by atoms with Crippen molar-refractivity contribution in [2.75, 3.05) is 45.7 Å². The molecular weight excluding hydrogens is 466 g/mol. The van der Waals surface area contributed by atoms with E-state index in [1.807, 2.05) is 11.9 Å². The molecule has 0 saturated carbocycles. The van der Waals surface area contributed by atoms with Crippen molar-refractivity contribution in [3.8, 4) is 11.5 Å². The molecule has 9 nitrogen and oxygen atoms in total. The molecule has 34 heavy (non-hydrogen) atoms. The van der Waals surface area contributed by atoms with Gasteiger partial charge in [-0.25, -0.2) is 23.7 Å². The third-order valence-corrected chi connectivity index (χ3v) is 6.30.